The number of carbonyl (C=O) groups is 1. The van der Waals surface area contributed by atoms with Crippen LogP contribution in [0.3, 0.4) is 0 Å². The Morgan fingerprint density at radius 3 is 2.78 bits per heavy atom. The van der Waals surface area contributed by atoms with Crippen LogP contribution in [0, 0.1) is 0 Å². The minimum atomic E-state index is -0.00386. The first kappa shape index (κ1) is 12.2. The summed E-state index contributed by atoms with van der Waals surface area (Å²) in [5.74, 6) is 0.523. The molecule has 94 valence electrons. The number of carbonyl (C=O) groups excluding carboxylic acids is 1. The summed E-state index contributed by atoms with van der Waals surface area (Å²) in [5.41, 5.74) is 0.611. The Bertz CT molecular complexity index is 492. The molecule has 0 unspecified atom stereocenters. The lowest BCUT2D eigenvalue weighted by Gasteiger charge is -2.05. The van der Waals surface area contributed by atoms with Crippen LogP contribution in [0.15, 0.2) is 31.1 Å². The molecule has 1 amide bonds. The smallest absolute Gasteiger partial charge is 0.234 e. The SMILES string of the molecule is CCCCC(=O)Nc1cnc(-n2ccnc2)nc1. The van der Waals surface area contributed by atoms with Gasteiger partial charge in [-0.3, -0.25) is 9.36 Å². The molecule has 0 aliphatic carbocycles. The quantitative estimate of drug-likeness (QED) is 0.871. The summed E-state index contributed by atoms with van der Waals surface area (Å²) in [6, 6.07) is 0. The van der Waals surface area contributed by atoms with Gasteiger partial charge in [-0.1, -0.05) is 13.3 Å². The van der Waals surface area contributed by atoms with Crippen LogP contribution >= 0.6 is 0 Å². The molecule has 2 rings (SSSR count). The third-order valence-electron chi connectivity index (χ3n) is 2.41. The van der Waals surface area contributed by atoms with Crippen LogP contribution in [-0.4, -0.2) is 25.4 Å². The fourth-order valence-electron chi connectivity index (χ4n) is 1.46. The van der Waals surface area contributed by atoms with E-state index >= 15 is 0 Å². The van der Waals surface area contributed by atoms with E-state index in [0.29, 0.717) is 18.1 Å². The zero-order valence-electron chi connectivity index (χ0n) is 10.2. The average molecular weight is 245 g/mol. The normalized spacial score (nSPS) is 10.3. The van der Waals surface area contributed by atoms with Crippen LogP contribution in [0.25, 0.3) is 5.95 Å². The van der Waals surface area contributed by atoms with Gasteiger partial charge in [-0.25, -0.2) is 15.0 Å². The van der Waals surface area contributed by atoms with Crippen molar-refractivity contribution in [3.63, 3.8) is 0 Å². The van der Waals surface area contributed by atoms with Gasteiger partial charge in [0.05, 0.1) is 18.1 Å². The molecule has 0 spiro atoms. The van der Waals surface area contributed by atoms with E-state index in [1.807, 2.05) is 0 Å². The third kappa shape index (κ3) is 3.13. The fraction of sp³-hybridized carbons (Fsp3) is 0.333. The number of nitrogens with zero attached hydrogens (tertiary/aromatic N) is 4. The van der Waals surface area contributed by atoms with Crippen molar-refractivity contribution in [1.29, 1.82) is 0 Å². The maximum Gasteiger partial charge on any atom is 0.234 e. The zero-order valence-corrected chi connectivity index (χ0v) is 10.2. The van der Waals surface area contributed by atoms with Gasteiger partial charge < -0.3 is 5.32 Å². The minimum absolute atomic E-state index is 0.00386. The van der Waals surface area contributed by atoms with Crippen molar-refractivity contribution in [2.75, 3.05) is 5.32 Å². The molecule has 2 heterocycles. The number of amides is 1. The Morgan fingerprint density at radius 1 is 1.39 bits per heavy atom. The molecule has 6 nitrogen and oxygen atoms in total. The van der Waals surface area contributed by atoms with Gasteiger partial charge in [-0.2, -0.15) is 0 Å². The van der Waals surface area contributed by atoms with E-state index in [1.165, 1.54) is 0 Å². The number of anilines is 1. The van der Waals surface area contributed by atoms with E-state index in [2.05, 4.69) is 27.2 Å². The summed E-state index contributed by atoms with van der Waals surface area (Å²) < 4.78 is 1.70. The molecule has 0 aliphatic rings. The van der Waals surface area contributed by atoms with Crippen LogP contribution < -0.4 is 5.32 Å². The molecule has 6 heteroatoms. The van der Waals surface area contributed by atoms with Crippen LogP contribution in [0.5, 0.6) is 0 Å². The number of rotatable bonds is 5. The average Bonchev–Trinajstić information content (AvgIpc) is 2.91. The van der Waals surface area contributed by atoms with Crippen LogP contribution in [0.1, 0.15) is 26.2 Å². The van der Waals surface area contributed by atoms with Gasteiger partial charge in [0.2, 0.25) is 11.9 Å². The number of unbranched alkanes of at least 4 members (excludes halogenated alkanes) is 1. The van der Waals surface area contributed by atoms with Crippen molar-refractivity contribution in [2.24, 2.45) is 0 Å². The lowest BCUT2D eigenvalue weighted by Crippen LogP contribution is -2.12. The van der Waals surface area contributed by atoms with Gasteiger partial charge in [0.1, 0.15) is 6.33 Å². The molecule has 0 radical (unpaired) electrons. The topological polar surface area (TPSA) is 72.7 Å². The molecule has 0 saturated heterocycles. The van der Waals surface area contributed by atoms with Gasteiger partial charge in [-0.15, -0.1) is 0 Å². The molecular weight excluding hydrogens is 230 g/mol. The first-order valence-electron chi connectivity index (χ1n) is 5.90. The van der Waals surface area contributed by atoms with Crippen molar-refractivity contribution in [3.8, 4) is 5.95 Å². The summed E-state index contributed by atoms with van der Waals surface area (Å²) in [5, 5.41) is 2.76. The van der Waals surface area contributed by atoms with Crippen molar-refractivity contribution in [2.45, 2.75) is 26.2 Å². The van der Waals surface area contributed by atoms with E-state index in [9.17, 15) is 4.79 Å². The van der Waals surface area contributed by atoms with Crippen LogP contribution in [0.2, 0.25) is 0 Å². The van der Waals surface area contributed by atoms with E-state index in [4.69, 9.17) is 0 Å². The summed E-state index contributed by atoms with van der Waals surface area (Å²) in [7, 11) is 0. The largest absolute Gasteiger partial charge is 0.323 e. The predicted octanol–water partition coefficient (Wildman–Crippen LogP) is 1.79. The Hall–Kier alpha value is -2.24. The first-order valence-corrected chi connectivity index (χ1v) is 5.90. The third-order valence-corrected chi connectivity index (χ3v) is 2.41. The fourth-order valence-corrected chi connectivity index (χ4v) is 1.46. The van der Waals surface area contributed by atoms with E-state index < -0.39 is 0 Å². The number of hydrogen-bond acceptors (Lipinski definition) is 4. The Balaban J connectivity index is 1.98. The standard InChI is InChI=1S/C12H15N5O/c1-2-3-4-11(18)16-10-7-14-12(15-8-10)17-6-5-13-9-17/h5-9H,2-4H2,1H3,(H,16,18). The van der Waals surface area contributed by atoms with Gasteiger partial charge in [0.25, 0.3) is 0 Å². The lowest BCUT2D eigenvalue weighted by molar-refractivity contribution is -0.116. The highest BCUT2D eigenvalue weighted by Gasteiger charge is 2.03. The van der Waals surface area contributed by atoms with Gasteiger partial charge in [-0.05, 0) is 6.42 Å². The molecule has 2 aromatic heterocycles. The Morgan fingerprint density at radius 2 is 2.17 bits per heavy atom. The van der Waals surface area contributed by atoms with Crippen molar-refractivity contribution >= 4 is 11.6 Å². The number of nitrogens with one attached hydrogen (secondary N) is 1. The number of hydrogen-bond donors (Lipinski definition) is 1. The van der Waals surface area contributed by atoms with Gasteiger partial charge in [0.15, 0.2) is 0 Å². The lowest BCUT2D eigenvalue weighted by atomic mass is 10.2. The van der Waals surface area contributed by atoms with Crippen molar-refractivity contribution < 1.29 is 4.79 Å². The van der Waals surface area contributed by atoms with Crippen molar-refractivity contribution in [1.82, 2.24) is 19.5 Å². The maximum atomic E-state index is 11.5. The zero-order chi connectivity index (χ0) is 12.8. The molecule has 0 fully saturated rings. The minimum Gasteiger partial charge on any atom is -0.323 e. The van der Waals surface area contributed by atoms with Crippen LogP contribution in [0.4, 0.5) is 5.69 Å². The monoisotopic (exact) mass is 245 g/mol. The highest BCUT2D eigenvalue weighted by atomic mass is 16.1. The van der Waals surface area contributed by atoms with E-state index in [1.54, 1.807) is 35.7 Å². The predicted molar refractivity (Wildman–Crippen MR) is 67.3 cm³/mol. The summed E-state index contributed by atoms with van der Waals surface area (Å²) in [4.78, 5) is 23.7. The number of aromatic nitrogens is 4. The van der Waals surface area contributed by atoms with Gasteiger partial charge in [0, 0.05) is 18.8 Å². The molecule has 18 heavy (non-hydrogen) atoms. The molecule has 1 N–H and O–H groups in total. The van der Waals surface area contributed by atoms with Crippen LogP contribution in [-0.2, 0) is 4.79 Å². The molecular formula is C12H15N5O. The van der Waals surface area contributed by atoms with Crippen molar-refractivity contribution in [3.05, 3.63) is 31.1 Å². The second-order valence-electron chi connectivity index (χ2n) is 3.89. The molecule has 0 saturated carbocycles. The second-order valence-corrected chi connectivity index (χ2v) is 3.89. The summed E-state index contributed by atoms with van der Waals surface area (Å²) in [6.45, 7) is 2.05. The molecule has 2 aromatic rings. The maximum absolute atomic E-state index is 11.5. The van der Waals surface area contributed by atoms with Gasteiger partial charge >= 0.3 is 0 Å². The highest BCUT2D eigenvalue weighted by molar-refractivity contribution is 5.90. The molecule has 0 atom stereocenters. The molecule has 0 aliphatic heterocycles. The Kier molecular flexibility index (Phi) is 4.01. The number of imidazole rings is 1. The Labute approximate surface area is 105 Å². The highest BCUT2D eigenvalue weighted by Crippen LogP contribution is 2.07. The molecule has 0 bridgehead atoms. The second kappa shape index (κ2) is 5.90. The van der Waals surface area contributed by atoms with E-state index in [-0.39, 0.29) is 5.91 Å². The summed E-state index contributed by atoms with van der Waals surface area (Å²) in [6.07, 6.45) is 10.6. The summed E-state index contributed by atoms with van der Waals surface area (Å²) >= 11 is 0. The first-order chi connectivity index (χ1) is 8.79. The van der Waals surface area contributed by atoms with E-state index in [0.717, 1.165) is 12.8 Å². The molecule has 0 aromatic carbocycles.